The summed E-state index contributed by atoms with van der Waals surface area (Å²) in [6.45, 7) is 9.97. The van der Waals surface area contributed by atoms with Gasteiger partial charge in [0.05, 0.1) is 11.2 Å². The van der Waals surface area contributed by atoms with Crippen molar-refractivity contribution in [2.24, 2.45) is 0 Å². The van der Waals surface area contributed by atoms with Crippen LogP contribution in [0.1, 0.15) is 40.5 Å². The third kappa shape index (κ3) is 2.85. The van der Waals surface area contributed by atoms with E-state index in [2.05, 4.69) is 45.0 Å². The molecule has 2 saturated heterocycles. The maximum atomic E-state index is 6.05. The van der Waals surface area contributed by atoms with E-state index in [0.29, 0.717) is 6.04 Å². The molecule has 3 heterocycles. The van der Waals surface area contributed by atoms with Crippen molar-refractivity contribution in [2.45, 2.75) is 57.8 Å². The molecule has 3 rings (SSSR count). The molecule has 0 aromatic carbocycles. The number of hydrogen-bond donors (Lipinski definition) is 0. The van der Waals surface area contributed by atoms with Crippen LogP contribution in [0.2, 0.25) is 0 Å². The molecule has 0 aromatic heterocycles. The Kier molecular flexibility index (Phi) is 3.80. The van der Waals surface area contributed by atoms with E-state index in [4.69, 9.17) is 14.0 Å². The van der Waals surface area contributed by atoms with Crippen LogP contribution in [0.4, 0.5) is 0 Å². The SMILES string of the molecule is CC1(C)OB(N2C=CN(C3CCOCC3)C=C2)OC1(C)C. The van der Waals surface area contributed by atoms with Crippen LogP contribution in [-0.2, 0) is 14.0 Å². The highest BCUT2D eigenvalue weighted by molar-refractivity contribution is 6.43. The zero-order chi connectivity index (χ0) is 15.1. The van der Waals surface area contributed by atoms with Crippen molar-refractivity contribution < 1.29 is 14.0 Å². The standard InChI is InChI=1S/C15H25BN2O3/c1-14(2)15(3,4)21-16(20-14)18-9-7-17(8-10-18)13-5-11-19-12-6-13/h7-10,13H,5-6,11-12H2,1-4H3. The Labute approximate surface area is 127 Å². The van der Waals surface area contributed by atoms with Gasteiger partial charge in [-0.25, -0.2) is 0 Å². The van der Waals surface area contributed by atoms with E-state index in [-0.39, 0.29) is 18.5 Å². The summed E-state index contributed by atoms with van der Waals surface area (Å²) in [5.41, 5.74) is -0.617. The smallest absolute Gasteiger partial charge is 0.384 e. The predicted molar refractivity (Wildman–Crippen MR) is 81.9 cm³/mol. The minimum absolute atomic E-state index is 0.308. The van der Waals surface area contributed by atoms with E-state index in [1.807, 2.05) is 17.2 Å². The molecule has 116 valence electrons. The molecule has 0 amide bonds. The summed E-state index contributed by atoms with van der Waals surface area (Å²) >= 11 is 0. The van der Waals surface area contributed by atoms with Crippen molar-refractivity contribution in [1.82, 2.24) is 9.71 Å². The maximum Gasteiger partial charge on any atom is 0.598 e. The minimum atomic E-state index is -0.362. The zero-order valence-corrected chi connectivity index (χ0v) is 13.4. The second-order valence-corrected chi connectivity index (χ2v) is 6.90. The molecule has 5 nitrogen and oxygen atoms in total. The van der Waals surface area contributed by atoms with Gasteiger partial charge in [-0.2, -0.15) is 0 Å². The van der Waals surface area contributed by atoms with Gasteiger partial charge >= 0.3 is 7.25 Å². The summed E-state index contributed by atoms with van der Waals surface area (Å²) < 4.78 is 17.5. The molecule has 0 N–H and O–H groups in total. The molecule has 0 radical (unpaired) electrons. The average Bonchev–Trinajstić information content (AvgIpc) is 2.69. The average molecular weight is 292 g/mol. The van der Waals surface area contributed by atoms with Crippen molar-refractivity contribution >= 4 is 7.25 Å². The first-order chi connectivity index (χ1) is 9.89. The molecular formula is C15H25BN2O3. The third-order valence-electron chi connectivity index (χ3n) is 4.92. The molecule has 0 unspecified atom stereocenters. The Morgan fingerprint density at radius 2 is 1.43 bits per heavy atom. The fraction of sp³-hybridized carbons (Fsp3) is 0.733. The van der Waals surface area contributed by atoms with Crippen LogP contribution in [0.3, 0.4) is 0 Å². The van der Waals surface area contributed by atoms with Crippen molar-refractivity contribution in [3.05, 3.63) is 24.8 Å². The molecule has 3 aliphatic rings. The maximum absolute atomic E-state index is 6.05. The van der Waals surface area contributed by atoms with Crippen molar-refractivity contribution in [3.63, 3.8) is 0 Å². The Hall–Kier alpha value is -0.975. The van der Waals surface area contributed by atoms with Crippen LogP contribution < -0.4 is 0 Å². The molecule has 3 aliphatic heterocycles. The number of rotatable bonds is 2. The molecule has 0 spiro atoms. The van der Waals surface area contributed by atoms with Gasteiger partial charge in [-0.1, -0.05) is 0 Å². The number of ether oxygens (including phenoxy) is 1. The Morgan fingerprint density at radius 3 is 1.95 bits per heavy atom. The van der Waals surface area contributed by atoms with E-state index in [1.165, 1.54) is 0 Å². The highest BCUT2D eigenvalue weighted by Gasteiger charge is 2.53. The van der Waals surface area contributed by atoms with Crippen molar-refractivity contribution in [1.29, 1.82) is 0 Å². The van der Waals surface area contributed by atoms with E-state index >= 15 is 0 Å². The van der Waals surface area contributed by atoms with Gasteiger partial charge in [0, 0.05) is 44.1 Å². The topological polar surface area (TPSA) is 34.2 Å². The summed E-state index contributed by atoms with van der Waals surface area (Å²) in [7, 11) is -0.362. The molecule has 6 heteroatoms. The van der Waals surface area contributed by atoms with Crippen molar-refractivity contribution in [2.75, 3.05) is 13.2 Å². The lowest BCUT2D eigenvalue weighted by Gasteiger charge is -2.34. The van der Waals surface area contributed by atoms with Gasteiger partial charge in [-0.15, -0.1) is 0 Å². The Morgan fingerprint density at radius 1 is 0.905 bits per heavy atom. The zero-order valence-electron chi connectivity index (χ0n) is 13.4. The Bertz CT molecular complexity index is 414. The van der Waals surface area contributed by atoms with E-state index < -0.39 is 0 Å². The lowest BCUT2D eigenvalue weighted by molar-refractivity contribution is 0.00578. The Balaban J connectivity index is 1.62. The van der Waals surface area contributed by atoms with Crippen LogP contribution in [0.25, 0.3) is 0 Å². The van der Waals surface area contributed by atoms with Gasteiger partial charge in [-0.3, -0.25) is 0 Å². The molecule has 0 aromatic rings. The predicted octanol–water partition coefficient (Wildman–Crippen LogP) is 2.31. The van der Waals surface area contributed by atoms with Gasteiger partial charge in [0.2, 0.25) is 0 Å². The fourth-order valence-electron chi connectivity index (χ4n) is 2.71. The lowest BCUT2D eigenvalue weighted by Crippen LogP contribution is -2.41. The van der Waals surface area contributed by atoms with Crippen molar-refractivity contribution in [3.8, 4) is 0 Å². The number of nitrogens with zero attached hydrogens (tertiary/aromatic N) is 2. The summed E-state index contributed by atoms with van der Waals surface area (Å²) in [5, 5.41) is 0. The second kappa shape index (κ2) is 5.34. The molecule has 0 atom stereocenters. The minimum Gasteiger partial charge on any atom is -0.384 e. The summed E-state index contributed by atoms with van der Waals surface area (Å²) in [4.78, 5) is 4.23. The highest BCUT2D eigenvalue weighted by Crippen LogP contribution is 2.38. The van der Waals surface area contributed by atoms with Gasteiger partial charge in [0.15, 0.2) is 0 Å². The summed E-state index contributed by atoms with van der Waals surface area (Å²) in [6.07, 6.45) is 10.4. The molecule has 21 heavy (non-hydrogen) atoms. The monoisotopic (exact) mass is 292 g/mol. The van der Waals surface area contributed by atoms with E-state index in [9.17, 15) is 0 Å². The van der Waals surface area contributed by atoms with Gasteiger partial charge in [0.25, 0.3) is 0 Å². The molecule has 0 aliphatic carbocycles. The normalized spacial score (nSPS) is 28.5. The second-order valence-electron chi connectivity index (χ2n) is 6.90. The first-order valence-electron chi connectivity index (χ1n) is 7.74. The fourth-order valence-corrected chi connectivity index (χ4v) is 2.71. The first kappa shape index (κ1) is 14.9. The first-order valence-corrected chi connectivity index (χ1v) is 7.74. The van der Waals surface area contributed by atoms with Gasteiger partial charge in [-0.05, 0) is 40.5 Å². The third-order valence-corrected chi connectivity index (χ3v) is 4.92. The molecule has 0 saturated carbocycles. The van der Waals surface area contributed by atoms with E-state index in [1.54, 1.807) is 0 Å². The van der Waals surface area contributed by atoms with E-state index in [0.717, 1.165) is 26.1 Å². The van der Waals surface area contributed by atoms with Crippen LogP contribution in [0, 0.1) is 0 Å². The van der Waals surface area contributed by atoms with Crippen LogP contribution in [-0.4, -0.2) is 47.4 Å². The van der Waals surface area contributed by atoms with Gasteiger partial charge < -0.3 is 23.8 Å². The molecule has 2 fully saturated rings. The van der Waals surface area contributed by atoms with Crippen LogP contribution in [0.5, 0.6) is 0 Å². The largest absolute Gasteiger partial charge is 0.598 e. The van der Waals surface area contributed by atoms with Crippen LogP contribution in [0.15, 0.2) is 24.8 Å². The summed E-state index contributed by atoms with van der Waals surface area (Å²) in [6, 6.07) is 0.534. The van der Waals surface area contributed by atoms with Crippen LogP contribution >= 0.6 is 0 Å². The quantitative estimate of drug-likeness (QED) is 0.730. The molecular weight excluding hydrogens is 267 g/mol. The summed E-state index contributed by atoms with van der Waals surface area (Å²) in [5.74, 6) is 0. The number of hydrogen-bond acceptors (Lipinski definition) is 5. The molecule has 0 bridgehead atoms. The highest BCUT2D eigenvalue weighted by atomic mass is 16.7. The van der Waals surface area contributed by atoms with Gasteiger partial charge in [0.1, 0.15) is 0 Å². The lowest BCUT2D eigenvalue weighted by atomic mass is 9.90.